The van der Waals surface area contributed by atoms with Crippen LogP contribution in [-0.4, -0.2) is 28.9 Å². The first-order valence-corrected chi connectivity index (χ1v) is 9.94. The van der Waals surface area contributed by atoms with Crippen LogP contribution in [0.1, 0.15) is 41.5 Å². The van der Waals surface area contributed by atoms with E-state index in [1.165, 1.54) is 18.4 Å². The van der Waals surface area contributed by atoms with Crippen molar-refractivity contribution in [2.24, 2.45) is 0 Å². The van der Waals surface area contributed by atoms with Gasteiger partial charge in [-0.3, -0.25) is 4.79 Å². The SMILES string of the molecule is Cc1ncn2c1Cn1nc(Cn3ccccc3=O)nc1-c1cc(C3CC3)ccc1-2. The van der Waals surface area contributed by atoms with Crippen molar-refractivity contribution in [2.75, 3.05) is 0 Å². The van der Waals surface area contributed by atoms with E-state index in [0.717, 1.165) is 28.5 Å². The molecule has 0 spiro atoms. The summed E-state index contributed by atoms with van der Waals surface area (Å²) >= 11 is 0. The van der Waals surface area contributed by atoms with Gasteiger partial charge in [-0.2, -0.15) is 5.10 Å². The molecule has 2 aliphatic rings. The van der Waals surface area contributed by atoms with E-state index >= 15 is 0 Å². The molecule has 3 aromatic heterocycles. The van der Waals surface area contributed by atoms with Crippen molar-refractivity contribution in [3.63, 3.8) is 0 Å². The minimum Gasteiger partial charge on any atom is -0.308 e. The van der Waals surface area contributed by atoms with E-state index in [0.29, 0.717) is 24.8 Å². The third kappa shape index (κ3) is 2.65. The van der Waals surface area contributed by atoms with Gasteiger partial charge in [-0.05, 0) is 49.4 Å². The number of aromatic nitrogens is 6. The smallest absolute Gasteiger partial charge is 0.250 e. The lowest BCUT2D eigenvalue weighted by molar-refractivity contribution is 0.642. The maximum absolute atomic E-state index is 12.1. The van der Waals surface area contributed by atoms with Gasteiger partial charge in [-0.25, -0.2) is 14.6 Å². The van der Waals surface area contributed by atoms with E-state index in [4.69, 9.17) is 10.1 Å². The van der Waals surface area contributed by atoms with Crippen LogP contribution >= 0.6 is 0 Å². The molecule has 4 heterocycles. The lowest BCUT2D eigenvalue weighted by atomic mass is 10.0. The Morgan fingerprint density at radius 3 is 2.90 bits per heavy atom. The van der Waals surface area contributed by atoms with Gasteiger partial charge in [-0.15, -0.1) is 0 Å². The van der Waals surface area contributed by atoms with E-state index in [-0.39, 0.29) is 5.56 Å². The molecule has 4 aromatic rings. The number of aryl methyl sites for hydroxylation is 1. The number of benzene rings is 1. The number of hydrogen-bond acceptors (Lipinski definition) is 4. The van der Waals surface area contributed by atoms with Crippen LogP contribution in [0.15, 0.2) is 53.7 Å². The summed E-state index contributed by atoms with van der Waals surface area (Å²) in [6.45, 7) is 2.98. The molecule has 29 heavy (non-hydrogen) atoms. The molecule has 6 rings (SSSR count). The van der Waals surface area contributed by atoms with Crippen molar-refractivity contribution in [3.05, 3.63) is 82.1 Å². The van der Waals surface area contributed by atoms with Crippen molar-refractivity contribution < 1.29 is 0 Å². The molecule has 0 unspecified atom stereocenters. The predicted molar refractivity (Wildman–Crippen MR) is 108 cm³/mol. The third-order valence-corrected chi connectivity index (χ3v) is 5.87. The maximum atomic E-state index is 12.1. The molecule has 1 aliphatic heterocycles. The summed E-state index contributed by atoms with van der Waals surface area (Å²) in [5.74, 6) is 2.15. The number of rotatable bonds is 3. The molecule has 0 amide bonds. The minimum absolute atomic E-state index is 0.0529. The molecule has 144 valence electrons. The Morgan fingerprint density at radius 1 is 1.17 bits per heavy atom. The molecule has 0 saturated heterocycles. The fourth-order valence-electron chi connectivity index (χ4n) is 4.13. The monoisotopic (exact) mass is 384 g/mol. The maximum Gasteiger partial charge on any atom is 0.250 e. The van der Waals surface area contributed by atoms with Gasteiger partial charge in [0.05, 0.1) is 36.5 Å². The molecule has 0 atom stereocenters. The Kier molecular flexibility index (Phi) is 3.41. The van der Waals surface area contributed by atoms with Gasteiger partial charge in [0.1, 0.15) is 0 Å². The quantitative estimate of drug-likeness (QED) is 0.480. The van der Waals surface area contributed by atoms with E-state index in [2.05, 4.69) is 27.8 Å². The standard InChI is InChI=1S/C22H20N6O/c1-14-19-11-28-22(24-20(25-28)12-26-9-3-2-4-21(26)29)17-10-16(15-5-6-15)7-8-18(17)27(19)13-23-14/h2-4,7-10,13,15H,5-6,11-12H2,1H3. The first-order chi connectivity index (χ1) is 14.2. The van der Waals surface area contributed by atoms with Crippen LogP contribution in [0.4, 0.5) is 0 Å². The van der Waals surface area contributed by atoms with Crippen molar-refractivity contribution >= 4 is 0 Å². The molecule has 7 nitrogen and oxygen atoms in total. The first-order valence-electron chi connectivity index (χ1n) is 9.94. The van der Waals surface area contributed by atoms with Crippen molar-refractivity contribution in [1.82, 2.24) is 28.9 Å². The van der Waals surface area contributed by atoms with E-state index < -0.39 is 0 Å². The highest BCUT2D eigenvalue weighted by Crippen LogP contribution is 2.43. The van der Waals surface area contributed by atoms with Crippen LogP contribution in [0.3, 0.4) is 0 Å². The molecule has 0 bridgehead atoms. The second-order valence-electron chi connectivity index (χ2n) is 7.87. The summed E-state index contributed by atoms with van der Waals surface area (Å²) in [5.41, 5.74) is 5.57. The number of imidazole rings is 1. The van der Waals surface area contributed by atoms with Crippen LogP contribution in [0.2, 0.25) is 0 Å². The summed E-state index contributed by atoms with van der Waals surface area (Å²) in [7, 11) is 0. The highest BCUT2D eigenvalue weighted by molar-refractivity contribution is 5.70. The van der Waals surface area contributed by atoms with E-state index in [9.17, 15) is 4.79 Å². The predicted octanol–water partition coefficient (Wildman–Crippen LogP) is 2.89. The summed E-state index contributed by atoms with van der Waals surface area (Å²) in [5, 5.41) is 4.76. The van der Waals surface area contributed by atoms with Gasteiger partial charge in [0.25, 0.3) is 5.56 Å². The minimum atomic E-state index is -0.0529. The van der Waals surface area contributed by atoms with Gasteiger partial charge in [0.2, 0.25) is 0 Å². The van der Waals surface area contributed by atoms with Gasteiger partial charge in [0, 0.05) is 17.8 Å². The van der Waals surface area contributed by atoms with Crippen molar-refractivity contribution in [1.29, 1.82) is 0 Å². The van der Waals surface area contributed by atoms with Crippen molar-refractivity contribution in [3.8, 4) is 17.1 Å². The Hall–Kier alpha value is -3.48. The summed E-state index contributed by atoms with van der Waals surface area (Å²) in [6, 6.07) is 11.8. The first kappa shape index (κ1) is 16.5. The molecule has 1 saturated carbocycles. The van der Waals surface area contributed by atoms with Gasteiger partial charge in [0.15, 0.2) is 11.6 Å². The Balaban J connectivity index is 1.52. The number of pyridine rings is 1. The molecule has 1 aliphatic carbocycles. The Morgan fingerprint density at radius 2 is 2.07 bits per heavy atom. The lowest BCUT2D eigenvalue weighted by Crippen LogP contribution is -2.19. The molecular weight excluding hydrogens is 364 g/mol. The summed E-state index contributed by atoms with van der Waals surface area (Å²) < 4.78 is 5.73. The molecule has 1 fully saturated rings. The Labute approximate surface area is 167 Å². The molecule has 0 radical (unpaired) electrons. The fourth-order valence-corrected chi connectivity index (χ4v) is 4.13. The average Bonchev–Trinajstić information content (AvgIpc) is 3.44. The zero-order valence-electron chi connectivity index (χ0n) is 16.1. The second kappa shape index (κ2) is 6.01. The van der Waals surface area contributed by atoms with Gasteiger partial charge < -0.3 is 9.13 Å². The molecule has 1 aromatic carbocycles. The summed E-state index contributed by atoms with van der Waals surface area (Å²) in [4.78, 5) is 21.5. The van der Waals surface area contributed by atoms with Crippen LogP contribution in [0, 0.1) is 6.92 Å². The number of fused-ring (bicyclic) bond motifs is 5. The zero-order chi connectivity index (χ0) is 19.5. The lowest BCUT2D eigenvalue weighted by Gasteiger charge is -2.10. The van der Waals surface area contributed by atoms with Crippen molar-refractivity contribution in [2.45, 2.75) is 38.8 Å². The highest BCUT2D eigenvalue weighted by Gasteiger charge is 2.28. The van der Waals surface area contributed by atoms with Gasteiger partial charge in [-0.1, -0.05) is 12.1 Å². The van der Waals surface area contributed by atoms with E-state index in [1.807, 2.05) is 24.0 Å². The third-order valence-electron chi connectivity index (χ3n) is 5.87. The number of hydrogen-bond donors (Lipinski definition) is 0. The molecule has 0 N–H and O–H groups in total. The van der Waals surface area contributed by atoms with Crippen LogP contribution in [0.25, 0.3) is 17.1 Å². The highest BCUT2D eigenvalue weighted by atomic mass is 16.1. The van der Waals surface area contributed by atoms with E-state index in [1.54, 1.807) is 22.9 Å². The molecule has 7 heteroatoms. The van der Waals surface area contributed by atoms with Gasteiger partial charge >= 0.3 is 0 Å². The molecular formula is C22H20N6O. The number of nitrogens with zero attached hydrogens (tertiary/aromatic N) is 6. The normalized spacial score (nSPS) is 14.8. The van der Waals surface area contributed by atoms with Crippen LogP contribution < -0.4 is 5.56 Å². The Bertz CT molecular complexity index is 1310. The van der Waals surface area contributed by atoms with Crippen LogP contribution in [0.5, 0.6) is 0 Å². The fraction of sp³-hybridized carbons (Fsp3) is 0.273. The zero-order valence-corrected chi connectivity index (χ0v) is 16.1. The largest absolute Gasteiger partial charge is 0.308 e. The topological polar surface area (TPSA) is 70.5 Å². The second-order valence-corrected chi connectivity index (χ2v) is 7.87. The van der Waals surface area contributed by atoms with Crippen LogP contribution in [-0.2, 0) is 13.1 Å². The average molecular weight is 384 g/mol. The summed E-state index contributed by atoms with van der Waals surface area (Å²) in [6.07, 6.45) is 6.16.